The van der Waals surface area contributed by atoms with Crippen LogP contribution in [0.15, 0.2) is 116 Å². The molecule has 0 aliphatic rings. The van der Waals surface area contributed by atoms with Gasteiger partial charge in [-0.25, -0.2) is 9.13 Å². The predicted octanol–water partition coefficient (Wildman–Crippen LogP) is 11.6. The summed E-state index contributed by atoms with van der Waals surface area (Å²) in [5, 5.41) is 0. The molecule has 6 aromatic rings. The number of aromatic nitrogens is 3. The number of imidazole rings is 1. The quantitative estimate of drug-likeness (QED) is 0.132. The minimum atomic E-state index is -0.559. The number of benzene rings is 4. The van der Waals surface area contributed by atoms with Crippen molar-refractivity contribution >= 4 is 0 Å². The van der Waals surface area contributed by atoms with Crippen LogP contribution in [0, 0.1) is 13.8 Å². The van der Waals surface area contributed by atoms with E-state index in [0.29, 0.717) is 11.8 Å². The first-order valence-corrected chi connectivity index (χ1v) is 19.9. The molecule has 4 aromatic carbocycles. The highest BCUT2D eigenvalue weighted by molar-refractivity contribution is 5.68. The summed E-state index contributed by atoms with van der Waals surface area (Å²) in [5.74, 6) is 1.86. The van der Waals surface area contributed by atoms with E-state index >= 15 is 0 Å². The van der Waals surface area contributed by atoms with Crippen LogP contribution in [0.25, 0.3) is 16.8 Å². The van der Waals surface area contributed by atoms with E-state index in [4.69, 9.17) is 0 Å². The van der Waals surface area contributed by atoms with Crippen molar-refractivity contribution < 1.29 is 9.13 Å². The molecule has 3 heteroatoms. The topological polar surface area (TPSA) is 12.7 Å². The van der Waals surface area contributed by atoms with E-state index < -0.39 is 5.41 Å². The van der Waals surface area contributed by atoms with Gasteiger partial charge in [0.2, 0.25) is 5.69 Å². The third-order valence-electron chi connectivity index (χ3n) is 12.0. The van der Waals surface area contributed by atoms with Gasteiger partial charge in [-0.2, -0.15) is 4.57 Å². The summed E-state index contributed by atoms with van der Waals surface area (Å²) in [6, 6.07) is 38.6. The number of pyridine rings is 1. The molecular formula is C51H63N3+2. The van der Waals surface area contributed by atoms with Gasteiger partial charge in [-0.3, -0.25) is 0 Å². The first-order valence-electron chi connectivity index (χ1n) is 19.9. The van der Waals surface area contributed by atoms with Crippen molar-refractivity contribution in [2.45, 2.75) is 111 Å². The van der Waals surface area contributed by atoms with Crippen molar-refractivity contribution in [3.05, 3.63) is 172 Å². The van der Waals surface area contributed by atoms with Crippen molar-refractivity contribution in [3.63, 3.8) is 0 Å². The average molecular weight is 718 g/mol. The van der Waals surface area contributed by atoms with Crippen LogP contribution in [0.1, 0.15) is 137 Å². The maximum Gasteiger partial charge on any atom is 0.282 e. The second kappa shape index (κ2) is 14.5. The molecule has 0 N–H and O–H groups in total. The van der Waals surface area contributed by atoms with Crippen molar-refractivity contribution in [2.24, 2.45) is 14.1 Å². The third-order valence-corrected chi connectivity index (χ3v) is 12.0. The van der Waals surface area contributed by atoms with Crippen LogP contribution < -0.4 is 9.13 Å². The van der Waals surface area contributed by atoms with Crippen LogP contribution in [-0.4, -0.2) is 4.57 Å². The molecule has 0 aliphatic heterocycles. The standard InChI is InChI=1S/C51H63N3/c1-34(2)41-30-39(38-24-16-15-17-25-38)31-42(35(3)4)47(41)54-29-28-52(13)48(54)51(12,44-27-21-19-23-37(44)6)46-33-40(49(7,8)9)32-45(53(46)14)50(10,11)43-26-20-18-22-36(43)5/h15-35H,1-14H3/q+2. The molecular weight excluding hydrogens is 655 g/mol. The van der Waals surface area contributed by atoms with Gasteiger partial charge in [0.1, 0.15) is 25.1 Å². The lowest BCUT2D eigenvalue weighted by atomic mass is 9.72. The Labute approximate surface area is 326 Å². The zero-order valence-corrected chi connectivity index (χ0v) is 35.5. The SMILES string of the molecule is Cc1ccccc1C(C)(C)c1cc(C(C)(C)C)cc(C(C)(c2ccccc2C)c2n(C)cc[n+]2-c2c(C(C)C)cc(-c3ccccc3)cc2C(C)C)[n+]1C. The molecule has 54 heavy (non-hydrogen) atoms. The van der Waals surface area contributed by atoms with E-state index in [1.807, 2.05) is 0 Å². The number of rotatable bonds is 9. The highest BCUT2D eigenvalue weighted by Gasteiger charge is 2.51. The molecule has 6 rings (SSSR count). The Morgan fingerprint density at radius 3 is 1.61 bits per heavy atom. The second-order valence-electron chi connectivity index (χ2n) is 18.0. The molecule has 3 nitrogen and oxygen atoms in total. The molecule has 2 aromatic heterocycles. The number of aryl methyl sites for hydroxylation is 3. The summed E-state index contributed by atoms with van der Waals surface area (Å²) < 4.78 is 7.44. The fourth-order valence-electron chi connectivity index (χ4n) is 8.98. The van der Waals surface area contributed by atoms with E-state index in [2.05, 4.69) is 226 Å². The van der Waals surface area contributed by atoms with Gasteiger partial charge in [-0.1, -0.05) is 127 Å². The van der Waals surface area contributed by atoms with Gasteiger partial charge in [-0.15, -0.1) is 0 Å². The van der Waals surface area contributed by atoms with E-state index in [1.54, 1.807) is 0 Å². The van der Waals surface area contributed by atoms with Gasteiger partial charge in [-0.05, 0) is 103 Å². The van der Waals surface area contributed by atoms with Gasteiger partial charge in [0, 0.05) is 23.3 Å². The Morgan fingerprint density at radius 1 is 0.593 bits per heavy atom. The molecule has 0 saturated heterocycles. The molecule has 0 saturated carbocycles. The molecule has 280 valence electrons. The van der Waals surface area contributed by atoms with Gasteiger partial charge >= 0.3 is 0 Å². The van der Waals surface area contributed by atoms with Gasteiger partial charge in [0.15, 0.2) is 11.1 Å². The summed E-state index contributed by atoms with van der Waals surface area (Å²) in [7, 11) is 4.53. The second-order valence-corrected chi connectivity index (χ2v) is 18.0. The summed E-state index contributed by atoms with van der Waals surface area (Å²) in [5.41, 5.74) is 14.8. The fraction of sp³-hybridized carbons (Fsp3) is 0.373. The molecule has 2 heterocycles. The maximum absolute atomic E-state index is 2.54. The summed E-state index contributed by atoms with van der Waals surface area (Å²) in [6.45, 7) is 28.2. The van der Waals surface area contributed by atoms with Crippen LogP contribution in [0.4, 0.5) is 0 Å². The Hall–Kier alpha value is -4.76. The minimum Gasteiger partial charge on any atom is -0.235 e. The van der Waals surface area contributed by atoms with E-state index in [1.165, 1.54) is 73.0 Å². The Balaban J connectivity index is 1.76. The zero-order valence-electron chi connectivity index (χ0n) is 35.5. The third kappa shape index (κ3) is 6.76. The lowest BCUT2D eigenvalue weighted by Crippen LogP contribution is -2.54. The fourth-order valence-corrected chi connectivity index (χ4v) is 8.98. The first-order chi connectivity index (χ1) is 25.4. The van der Waals surface area contributed by atoms with Crippen molar-refractivity contribution in [3.8, 4) is 16.8 Å². The zero-order chi connectivity index (χ0) is 39.3. The van der Waals surface area contributed by atoms with E-state index in [9.17, 15) is 0 Å². The van der Waals surface area contributed by atoms with Crippen LogP contribution >= 0.6 is 0 Å². The summed E-state index contributed by atoms with van der Waals surface area (Å²) in [4.78, 5) is 0. The molecule has 0 radical (unpaired) electrons. The highest BCUT2D eigenvalue weighted by atomic mass is 15.2. The Bertz CT molecular complexity index is 2270. The van der Waals surface area contributed by atoms with Crippen LogP contribution in [-0.2, 0) is 30.3 Å². The Morgan fingerprint density at radius 2 is 1.09 bits per heavy atom. The maximum atomic E-state index is 2.54. The smallest absolute Gasteiger partial charge is 0.235 e. The summed E-state index contributed by atoms with van der Waals surface area (Å²) >= 11 is 0. The van der Waals surface area contributed by atoms with Crippen LogP contribution in [0.3, 0.4) is 0 Å². The molecule has 1 unspecified atom stereocenters. The minimum absolute atomic E-state index is 0.0701. The summed E-state index contributed by atoms with van der Waals surface area (Å²) in [6.07, 6.45) is 4.57. The molecule has 0 aliphatic carbocycles. The molecule has 0 fully saturated rings. The lowest BCUT2D eigenvalue weighted by Gasteiger charge is -2.33. The molecule has 0 amide bonds. The van der Waals surface area contributed by atoms with Gasteiger partial charge in [0.25, 0.3) is 5.82 Å². The number of hydrogen-bond acceptors (Lipinski definition) is 0. The van der Waals surface area contributed by atoms with Gasteiger partial charge in [0.05, 0.1) is 12.5 Å². The van der Waals surface area contributed by atoms with Crippen molar-refractivity contribution in [2.75, 3.05) is 0 Å². The number of hydrogen-bond donors (Lipinski definition) is 0. The molecule has 0 spiro atoms. The van der Waals surface area contributed by atoms with Gasteiger partial charge < -0.3 is 0 Å². The van der Waals surface area contributed by atoms with Crippen LogP contribution in [0.5, 0.6) is 0 Å². The van der Waals surface area contributed by atoms with E-state index in [0.717, 1.165) is 0 Å². The van der Waals surface area contributed by atoms with Crippen molar-refractivity contribution in [1.82, 2.24) is 4.57 Å². The lowest BCUT2D eigenvalue weighted by molar-refractivity contribution is -0.694. The normalized spacial score (nSPS) is 13.5. The average Bonchev–Trinajstić information content (AvgIpc) is 3.52. The monoisotopic (exact) mass is 718 g/mol. The van der Waals surface area contributed by atoms with E-state index in [-0.39, 0.29) is 10.8 Å². The highest BCUT2D eigenvalue weighted by Crippen LogP contribution is 2.43. The van der Waals surface area contributed by atoms with Crippen LogP contribution in [0.2, 0.25) is 0 Å². The first kappa shape index (κ1) is 38.9. The molecule has 0 bridgehead atoms. The largest absolute Gasteiger partial charge is 0.282 e. The number of nitrogens with zero attached hydrogens (tertiary/aromatic N) is 3. The predicted molar refractivity (Wildman–Crippen MR) is 227 cm³/mol. The van der Waals surface area contributed by atoms with Crippen molar-refractivity contribution in [1.29, 1.82) is 0 Å². The Kier molecular flexibility index (Phi) is 10.4. The molecule has 1 atom stereocenters.